The second kappa shape index (κ2) is 10.2. The quantitative estimate of drug-likeness (QED) is 0.369. The third-order valence-corrected chi connectivity index (χ3v) is 2.86. The van der Waals surface area contributed by atoms with Gasteiger partial charge >= 0.3 is 0 Å². The van der Waals surface area contributed by atoms with Crippen LogP contribution in [0.15, 0.2) is 24.3 Å². The van der Waals surface area contributed by atoms with E-state index in [4.69, 9.17) is 9.84 Å². The molecule has 2 N–H and O–H groups in total. The van der Waals surface area contributed by atoms with Gasteiger partial charge in [-0.15, -0.1) is 0 Å². The SMILES string of the molecule is O=[N+]([O-])c1ccc(OCCNCCCCCCO)cc1. The van der Waals surface area contributed by atoms with Crippen LogP contribution in [0.1, 0.15) is 25.7 Å². The monoisotopic (exact) mass is 282 g/mol. The van der Waals surface area contributed by atoms with Crippen LogP contribution in [0.25, 0.3) is 0 Å². The van der Waals surface area contributed by atoms with E-state index < -0.39 is 4.92 Å². The van der Waals surface area contributed by atoms with Crippen LogP contribution < -0.4 is 10.1 Å². The Balaban J connectivity index is 2.02. The number of rotatable bonds is 11. The Morgan fingerprint density at radius 2 is 1.80 bits per heavy atom. The summed E-state index contributed by atoms with van der Waals surface area (Å²) < 4.78 is 5.47. The summed E-state index contributed by atoms with van der Waals surface area (Å²) >= 11 is 0. The van der Waals surface area contributed by atoms with Gasteiger partial charge in [0.15, 0.2) is 0 Å². The number of unbranched alkanes of at least 4 members (excludes halogenated alkanes) is 3. The predicted molar refractivity (Wildman–Crippen MR) is 77.0 cm³/mol. The van der Waals surface area contributed by atoms with Crippen LogP contribution in [0.4, 0.5) is 5.69 Å². The van der Waals surface area contributed by atoms with Crippen molar-refractivity contribution < 1.29 is 14.8 Å². The normalized spacial score (nSPS) is 10.4. The molecule has 0 fully saturated rings. The van der Waals surface area contributed by atoms with Gasteiger partial charge in [0, 0.05) is 25.3 Å². The van der Waals surface area contributed by atoms with Crippen LogP contribution in [0.3, 0.4) is 0 Å². The van der Waals surface area contributed by atoms with Crippen molar-refractivity contribution in [3.63, 3.8) is 0 Å². The highest BCUT2D eigenvalue weighted by atomic mass is 16.6. The van der Waals surface area contributed by atoms with E-state index in [0.29, 0.717) is 12.4 Å². The average molecular weight is 282 g/mol. The molecular weight excluding hydrogens is 260 g/mol. The summed E-state index contributed by atoms with van der Waals surface area (Å²) in [6, 6.07) is 6.08. The lowest BCUT2D eigenvalue weighted by molar-refractivity contribution is -0.384. The van der Waals surface area contributed by atoms with Crippen LogP contribution in [0.2, 0.25) is 0 Å². The molecule has 0 saturated heterocycles. The molecule has 1 aromatic rings. The molecular formula is C14H22N2O4. The molecule has 0 bridgehead atoms. The van der Waals surface area contributed by atoms with Gasteiger partial charge < -0.3 is 15.2 Å². The van der Waals surface area contributed by atoms with E-state index in [-0.39, 0.29) is 12.3 Å². The van der Waals surface area contributed by atoms with E-state index in [9.17, 15) is 10.1 Å². The lowest BCUT2D eigenvalue weighted by atomic mass is 10.2. The number of hydrogen-bond donors (Lipinski definition) is 2. The smallest absolute Gasteiger partial charge is 0.269 e. The Morgan fingerprint density at radius 1 is 1.10 bits per heavy atom. The summed E-state index contributed by atoms with van der Waals surface area (Å²) in [6.07, 6.45) is 4.16. The van der Waals surface area contributed by atoms with Crippen molar-refractivity contribution in [1.29, 1.82) is 0 Å². The molecule has 0 aliphatic carbocycles. The molecule has 112 valence electrons. The third-order valence-electron chi connectivity index (χ3n) is 2.86. The van der Waals surface area contributed by atoms with Crippen molar-refractivity contribution in [3.05, 3.63) is 34.4 Å². The maximum Gasteiger partial charge on any atom is 0.269 e. The summed E-state index contributed by atoms with van der Waals surface area (Å²) in [4.78, 5) is 10.1. The molecule has 0 aliphatic rings. The van der Waals surface area contributed by atoms with E-state index in [1.807, 2.05) is 0 Å². The zero-order valence-corrected chi connectivity index (χ0v) is 11.6. The molecule has 1 rings (SSSR count). The van der Waals surface area contributed by atoms with Crippen molar-refractivity contribution >= 4 is 5.69 Å². The lowest BCUT2D eigenvalue weighted by Crippen LogP contribution is -2.22. The minimum absolute atomic E-state index is 0.0679. The molecule has 0 saturated carbocycles. The molecule has 6 nitrogen and oxygen atoms in total. The van der Waals surface area contributed by atoms with Gasteiger partial charge in [0.1, 0.15) is 12.4 Å². The fourth-order valence-corrected chi connectivity index (χ4v) is 1.75. The molecule has 0 spiro atoms. The minimum atomic E-state index is -0.428. The standard InChI is InChI=1S/C14H22N2O4/c17-11-4-2-1-3-9-15-10-12-20-14-7-5-13(6-8-14)16(18)19/h5-8,15,17H,1-4,9-12H2. The maximum absolute atomic E-state index is 10.5. The van der Waals surface area contributed by atoms with Gasteiger partial charge in [0.25, 0.3) is 5.69 Å². The predicted octanol–water partition coefficient (Wildman–Crippen LogP) is 2.12. The number of benzene rings is 1. The van der Waals surface area contributed by atoms with Crippen LogP contribution in [-0.2, 0) is 0 Å². The number of nitro benzene ring substituents is 1. The van der Waals surface area contributed by atoms with Gasteiger partial charge in [-0.1, -0.05) is 12.8 Å². The van der Waals surface area contributed by atoms with Crippen LogP contribution >= 0.6 is 0 Å². The summed E-state index contributed by atoms with van der Waals surface area (Å²) in [5.41, 5.74) is 0.0679. The molecule has 0 unspecified atom stereocenters. The minimum Gasteiger partial charge on any atom is -0.492 e. The highest BCUT2D eigenvalue weighted by Crippen LogP contribution is 2.16. The van der Waals surface area contributed by atoms with Crippen molar-refractivity contribution in [2.75, 3.05) is 26.3 Å². The Hall–Kier alpha value is -1.66. The number of nitrogens with zero attached hydrogens (tertiary/aromatic N) is 1. The summed E-state index contributed by atoms with van der Waals surface area (Å²) in [5, 5.41) is 22.4. The van der Waals surface area contributed by atoms with Crippen LogP contribution in [0.5, 0.6) is 5.75 Å². The highest BCUT2D eigenvalue weighted by Gasteiger charge is 2.03. The second-order valence-corrected chi connectivity index (χ2v) is 4.49. The first-order valence-electron chi connectivity index (χ1n) is 6.93. The van der Waals surface area contributed by atoms with Gasteiger partial charge in [-0.05, 0) is 31.5 Å². The Morgan fingerprint density at radius 3 is 2.45 bits per heavy atom. The van der Waals surface area contributed by atoms with Gasteiger partial charge in [-0.25, -0.2) is 0 Å². The first kappa shape index (κ1) is 16.4. The number of aliphatic hydroxyl groups excluding tert-OH is 1. The molecule has 0 amide bonds. The highest BCUT2D eigenvalue weighted by molar-refractivity contribution is 5.35. The number of nitrogens with one attached hydrogen (secondary N) is 1. The molecule has 0 atom stereocenters. The van der Waals surface area contributed by atoms with E-state index >= 15 is 0 Å². The molecule has 0 heterocycles. The summed E-state index contributed by atoms with van der Waals surface area (Å²) in [5.74, 6) is 0.639. The Bertz CT molecular complexity index is 381. The molecule has 0 aromatic heterocycles. The van der Waals surface area contributed by atoms with Crippen molar-refractivity contribution in [2.45, 2.75) is 25.7 Å². The number of nitro groups is 1. The van der Waals surface area contributed by atoms with Crippen LogP contribution in [0, 0.1) is 10.1 Å². The van der Waals surface area contributed by atoms with Gasteiger partial charge in [0.05, 0.1) is 4.92 Å². The number of hydrogen-bond acceptors (Lipinski definition) is 5. The number of aliphatic hydroxyl groups is 1. The molecule has 1 aromatic carbocycles. The van der Waals surface area contributed by atoms with Crippen molar-refractivity contribution in [2.24, 2.45) is 0 Å². The topological polar surface area (TPSA) is 84.6 Å². The fraction of sp³-hybridized carbons (Fsp3) is 0.571. The van der Waals surface area contributed by atoms with E-state index in [0.717, 1.165) is 38.8 Å². The van der Waals surface area contributed by atoms with Crippen molar-refractivity contribution in [3.8, 4) is 5.75 Å². The van der Waals surface area contributed by atoms with Gasteiger partial charge in [-0.3, -0.25) is 10.1 Å². The fourth-order valence-electron chi connectivity index (χ4n) is 1.75. The largest absolute Gasteiger partial charge is 0.492 e. The molecule has 6 heteroatoms. The molecule has 0 radical (unpaired) electrons. The lowest BCUT2D eigenvalue weighted by Gasteiger charge is -2.07. The number of non-ortho nitro benzene ring substituents is 1. The van der Waals surface area contributed by atoms with Crippen LogP contribution in [-0.4, -0.2) is 36.3 Å². The summed E-state index contributed by atoms with van der Waals surface area (Å²) in [6.45, 7) is 2.50. The van der Waals surface area contributed by atoms with Gasteiger partial charge in [0.2, 0.25) is 0 Å². The molecule has 20 heavy (non-hydrogen) atoms. The first-order valence-corrected chi connectivity index (χ1v) is 6.93. The summed E-state index contributed by atoms with van der Waals surface area (Å²) in [7, 11) is 0. The average Bonchev–Trinajstić information content (AvgIpc) is 2.46. The Labute approximate surface area is 118 Å². The van der Waals surface area contributed by atoms with Gasteiger partial charge in [-0.2, -0.15) is 0 Å². The zero-order valence-electron chi connectivity index (χ0n) is 11.6. The second-order valence-electron chi connectivity index (χ2n) is 4.49. The van der Waals surface area contributed by atoms with E-state index in [1.54, 1.807) is 12.1 Å². The van der Waals surface area contributed by atoms with E-state index in [1.165, 1.54) is 12.1 Å². The number of ether oxygens (including phenoxy) is 1. The maximum atomic E-state index is 10.5. The van der Waals surface area contributed by atoms with Crippen molar-refractivity contribution in [1.82, 2.24) is 5.32 Å². The first-order chi connectivity index (χ1) is 9.74. The third kappa shape index (κ3) is 7.06. The Kier molecular flexibility index (Phi) is 8.33. The zero-order chi connectivity index (χ0) is 14.6. The van der Waals surface area contributed by atoms with E-state index in [2.05, 4.69) is 5.32 Å². The molecule has 0 aliphatic heterocycles.